The highest BCUT2D eigenvalue weighted by atomic mass is 19.3. The van der Waals surface area contributed by atoms with E-state index in [0.29, 0.717) is 16.9 Å². The van der Waals surface area contributed by atoms with Crippen molar-refractivity contribution in [2.45, 2.75) is 13.1 Å². The summed E-state index contributed by atoms with van der Waals surface area (Å²) >= 11 is 0. The summed E-state index contributed by atoms with van der Waals surface area (Å²) in [7, 11) is 3.80. The van der Waals surface area contributed by atoms with Gasteiger partial charge in [-0.05, 0) is 20.2 Å². The van der Waals surface area contributed by atoms with E-state index in [-0.39, 0.29) is 0 Å². The Morgan fingerprint density at radius 2 is 2.33 bits per heavy atom. The first kappa shape index (κ1) is 12.1. The first-order valence-corrected chi connectivity index (χ1v) is 4.79. The van der Waals surface area contributed by atoms with E-state index in [1.54, 1.807) is 6.07 Å². The van der Waals surface area contributed by atoms with E-state index >= 15 is 0 Å². The standard InChI is InChI=1S/C9H16F2N4/c1-12-4-6-14(2)7-8-3-5-15(13-8)9(10)11/h3,5,9,12H,4,6-7H2,1-2H3. The summed E-state index contributed by atoms with van der Waals surface area (Å²) < 4.78 is 25.1. The Bertz CT molecular complexity index is 287. The fourth-order valence-corrected chi connectivity index (χ4v) is 1.23. The van der Waals surface area contributed by atoms with E-state index in [1.807, 2.05) is 19.0 Å². The molecule has 0 saturated carbocycles. The lowest BCUT2D eigenvalue weighted by Gasteiger charge is -2.14. The highest BCUT2D eigenvalue weighted by Crippen LogP contribution is 2.09. The summed E-state index contributed by atoms with van der Waals surface area (Å²) in [5.41, 5.74) is 0.661. The summed E-state index contributed by atoms with van der Waals surface area (Å²) in [5, 5.41) is 6.78. The van der Waals surface area contributed by atoms with Crippen LogP contribution in [-0.2, 0) is 6.54 Å². The third kappa shape index (κ3) is 3.93. The van der Waals surface area contributed by atoms with E-state index in [1.165, 1.54) is 6.20 Å². The zero-order valence-electron chi connectivity index (χ0n) is 8.95. The number of nitrogens with zero attached hydrogens (tertiary/aromatic N) is 3. The van der Waals surface area contributed by atoms with Gasteiger partial charge in [0.05, 0.1) is 5.69 Å². The van der Waals surface area contributed by atoms with E-state index in [0.717, 1.165) is 13.1 Å². The Labute approximate surface area is 87.9 Å². The molecule has 6 heteroatoms. The van der Waals surface area contributed by atoms with Crippen molar-refractivity contribution < 1.29 is 8.78 Å². The van der Waals surface area contributed by atoms with Crippen molar-refractivity contribution in [1.29, 1.82) is 0 Å². The van der Waals surface area contributed by atoms with E-state index in [9.17, 15) is 8.78 Å². The first-order valence-electron chi connectivity index (χ1n) is 4.79. The van der Waals surface area contributed by atoms with Gasteiger partial charge >= 0.3 is 6.55 Å². The highest BCUT2D eigenvalue weighted by molar-refractivity contribution is 4.98. The summed E-state index contributed by atoms with van der Waals surface area (Å²) in [5.74, 6) is 0. The second-order valence-corrected chi connectivity index (χ2v) is 3.41. The number of likely N-dealkylation sites (N-methyl/N-ethyl adjacent to an activating group) is 2. The molecule has 4 nitrogen and oxygen atoms in total. The number of nitrogens with one attached hydrogen (secondary N) is 1. The molecule has 0 radical (unpaired) electrons. The van der Waals surface area contributed by atoms with Crippen LogP contribution in [-0.4, -0.2) is 41.9 Å². The average molecular weight is 218 g/mol. The van der Waals surface area contributed by atoms with Gasteiger partial charge in [-0.3, -0.25) is 4.90 Å². The third-order valence-corrected chi connectivity index (χ3v) is 2.04. The predicted octanol–water partition coefficient (Wildman–Crippen LogP) is 0.929. The van der Waals surface area contributed by atoms with Gasteiger partial charge in [0.15, 0.2) is 0 Å². The molecular formula is C9H16F2N4. The molecule has 0 spiro atoms. The molecule has 86 valence electrons. The Morgan fingerprint density at radius 3 is 2.87 bits per heavy atom. The van der Waals surface area contributed by atoms with Gasteiger partial charge in [0.1, 0.15) is 0 Å². The quantitative estimate of drug-likeness (QED) is 0.771. The molecule has 0 aliphatic rings. The molecule has 0 atom stereocenters. The topological polar surface area (TPSA) is 33.1 Å². The number of hydrogen-bond acceptors (Lipinski definition) is 3. The Hall–Kier alpha value is -1.01. The Balaban J connectivity index is 2.42. The van der Waals surface area contributed by atoms with E-state index in [4.69, 9.17) is 0 Å². The molecule has 0 bridgehead atoms. The summed E-state index contributed by atoms with van der Waals surface area (Å²) in [6.45, 7) is -0.243. The predicted molar refractivity (Wildman–Crippen MR) is 53.7 cm³/mol. The average Bonchev–Trinajstić information content (AvgIpc) is 2.63. The van der Waals surface area contributed by atoms with Gasteiger partial charge < -0.3 is 5.32 Å². The van der Waals surface area contributed by atoms with E-state index in [2.05, 4.69) is 10.4 Å². The van der Waals surface area contributed by atoms with Gasteiger partial charge in [-0.15, -0.1) is 0 Å². The molecule has 1 aromatic rings. The van der Waals surface area contributed by atoms with Crippen LogP contribution in [0.15, 0.2) is 12.3 Å². The van der Waals surface area contributed by atoms with Crippen molar-refractivity contribution in [1.82, 2.24) is 20.0 Å². The number of hydrogen-bond donors (Lipinski definition) is 1. The molecule has 0 unspecified atom stereocenters. The van der Waals surface area contributed by atoms with Crippen LogP contribution in [0.25, 0.3) is 0 Å². The van der Waals surface area contributed by atoms with E-state index < -0.39 is 6.55 Å². The number of rotatable bonds is 6. The van der Waals surface area contributed by atoms with Gasteiger partial charge in [0, 0.05) is 25.8 Å². The monoisotopic (exact) mass is 218 g/mol. The van der Waals surface area contributed by atoms with Crippen LogP contribution in [0.2, 0.25) is 0 Å². The normalized spacial score (nSPS) is 11.6. The van der Waals surface area contributed by atoms with Crippen LogP contribution in [0.1, 0.15) is 12.2 Å². The number of aromatic nitrogens is 2. The highest BCUT2D eigenvalue weighted by Gasteiger charge is 2.08. The van der Waals surface area contributed by atoms with Crippen LogP contribution >= 0.6 is 0 Å². The minimum absolute atomic E-state index is 0.585. The van der Waals surface area contributed by atoms with Crippen LogP contribution in [0.5, 0.6) is 0 Å². The van der Waals surface area contributed by atoms with Crippen LogP contribution in [0.4, 0.5) is 8.78 Å². The number of alkyl halides is 2. The molecule has 0 saturated heterocycles. The SMILES string of the molecule is CNCCN(C)Cc1ccn(C(F)F)n1. The van der Waals surface area contributed by atoms with Gasteiger partial charge in [-0.2, -0.15) is 13.9 Å². The smallest absolute Gasteiger partial charge is 0.318 e. The second kappa shape index (κ2) is 5.77. The molecule has 15 heavy (non-hydrogen) atoms. The van der Waals surface area contributed by atoms with Gasteiger partial charge in [-0.1, -0.05) is 0 Å². The summed E-state index contributed by atoms with van der Waals surface area (Å²) in [4.78, 5) is 2.02. The fraction of sp³-hybridized carbons (Fsp3) is 0.667. The van der Waals surface area contributed by atoms with Crippen molar-refractivity contribution in [2.75, 3.05) is 27.2 Å². The van der Waals surface area contributed by atoms with Crippen molar-refractivity contribution in [3.8, 4) is 0 Å². The van der Waals surface area contributed by atoms with Crippen molar-refractivity contribution >= 4 is 0 Å². The Kier molecular flexibility index (Phi) is 4.64. The minimum Gasteiger partial charge on any atom is -0.318 e. The van der Waals surface area contributed by atoms with Gasteiger partial charge in [0.2, 0.25) is 0 Å². The largest absolute Gasteiger partial charge is 0.333 e. The molecular weight excluding hydrogens is 202 g/mol. The zero-order valence-corrected chi connectivity index (χ0v) is 8.95. The van der Waals surface area contributed by atoms with Crippen LogP contribution in [0, 0.1) is 0 Å². The lowest BCUT2D eigenvalue weighted by atomic mass is 10.4. The van der Waals surface area contributed by atoms with Crippen LogP contribution in [0.3, 0.4) is 0 Å². The molecule has 0 aliphatic carbocycles. The molecule has 0 amide bonds. The number of halogens is 2. The lowest BCUT2D eigenvalue weighted by molar-refractivity contribution is 0.0559. The molecule has 1 N–H and O–H groups in total. The second-order valence-electron chi connectivity index (χ2n) is 3.41. The molecule has 0 fully saturated rings. The minimum atomic E-state index is -2.55. The first-order chi connectivity index (χ1) is 7.13. The van der Waals surface area contributed by atoms with Crippen LogP contribution < -0.4 is 5.32 Å². The Morgan fingerprint density at radius 1 is 1.60 bits per heavy atom. The summed E-state index contributed by atoms with van der Waals surface area (Å²) in [6, 6.07) is 1.61. The maximum Gasteiger partial charge on any atom is 0.333 e. The molecule has 0 aliphatic heterocycles. The molecule has 1 heterocycles. The fourth-order valence-electron chi connectivity index (χ4n) is 1.23. The zero-order chi connectivity index (χ0) is 11.3. The molecule has 1 rings (SSSR count). The maximum atomic E-state index is 12.2. The van der Waals surface area contributed by atoms with Crippen molar-refractivity contribution in [2.24, 2.45) is 0 Å². The summed E-state index contributed by atoms with van der Waals surface area (Å²) in [6.07, 6.45) is 1.30. The van der Waals surface area contributed by atoms with Crippen molar-refractivity contribution in [3.05, 3.63) is 18.0 Å². The molecule has 0 aromatic carbocycles. The van der Waals surface area contributed by atoms with Gasteiger partial charge in [0.25, 0.3) is 0 Å². The lowest BCUT2D eigenvalue weighted by Crippen LogP contribution is -2.27. The van der Waals surface area contributed by atoms with Crippen molar-refractivity contribution in [3.63, 3.8) is 0 Å². The van der Waals surface area contributed by atoms with Gasteiger partial charge in [-0.25, -0.2) is 4.68 Å². The maximum absolute atomic E-state index is 12.2. The molecule has 1 aromatic heterocycles. The third-order valence-electron chi connectivity index (χ3n) is 2.04.